The van der Waals surface area contributed by atoms with Crippen molar-refractivity contribution in [2.75, 3.05) is 0 Å². The Morgan fingerprint density at radius 1 is 1.18 bits per heavy atom. The van der Waals surface area contributed by atoms with Crippen LogP contribution < -0.4 is 58.6 Å². The molecule has 0 amide bonds. The first kappa shape index (κ1) is 22.7. The van der Waals surface area contributed by atoms with E-state index in [1.807, 2.05) is 6.92 Å². The largest absolute Gasteiger partial charge is 1.00 e. The molecule has 6 heteroatoms. The first-order chi connectivity index (χ1) is 6.87. The summed E-state index contributed by atoms with van der Waals surface area (Å²) in [7, 11) is 0. The minimum absolute atomic E-state index is 0. The number of carbonyl (C=O) groups excluding carboxylic acids is 2. The van der Waals surface area contributed by atoms with Crippen molar-refractivity contribution in [2.45, 2.75) is 46.5 Å². The Balaban J connectivity index is -0.000000980. The van der Waals surface area contributed by atoms with Crippen LogP contribution >= 0.6 is 0 Å². The van der Waals surface area contributed by atoms with E-state index in [-0.39, 0.29) is 48.4 Å². The van der Waals surface area contributed by atoms with Crippen molar-refractivity contribution in [2.24, 2.45) is 11.3 Å². The van der Waals surface area contributed by atoms with Crippen LogP contribution in [-0.2, 0) is 9.59 Å². The number of hydrogen-bond acceptors (Lipinski definition) is 4. The zero-order valence-corrected chi connectivity index (χ0v) is 13.5. The van der Waals surface area contributed by atoms with E-state index in [2.05, 4.69) is 0 Å². The number of unbranched alkanes of at least 4 members (excludes halogenated alkanes) is 2. The van der Waals surface area contributed by atoms with Gasteiger partial charge in [0.1, 0.15) is 0 Å². The SMILES string of the molecule is CCCCCC(C)C(C)(C(=O)[O-])C(=O)[O-].[Li+].[Na+]. The van der Waals surface area contributed by atoms with Crippen molar-refractivity contribution >= 4 is 11.9 Å². The molecule has 0 aromatic heterocycles. The fraction of sp³-hybridized carbons (Fsp3) is 0.818. The Morgan fingerprint density at radius 2 is 1.59 bits per heavy atom. The van der Waals surface area contributed by atoms with E-state index in [1.165, 1.54) is 0 Å². The Hall–Kier alpha value is 0.537. The molecule has 0 saturated carbocycles. The summed E-state index contributed by atoms with van der Waals surface area (Å²) in [6, 6.07) is 0. The van der Waals surface area contributed by atoms with Gasteiger partial charge in [-0.1, -0.05) is 33.1 Å². The summed E-state index contributed by atoms with van der Waals surface area (Å²) >= 11 is 0. The van der Waals surface area contributed by atoms with Gasteiger partial charge in [-0.15, -0.1) is 0 Å². The molecule has 0 aliphatic carbocycles. The van der Waals surface area contributed by atoms with Crippen molar-refractivity contribution in [1.29, 1.82) is 0 Å². The van der Waals surface area contributed by atoms with Gasteiger partial charge in [0.2, 0.25) is 0 Å². The number of carboxylic acid groups (broad SMARTS) is 2. The molecular formula is C11H18LiNaO4. The molecular weight excluding hydrogens is 226 g/mol. The summed E-state index contributed by atoms with van der Waals surface area (Å²) in [6.07, 6.45) is 3.38. The number of rotatable bonds is 7. The van der Waals surface area contributed by atoms with Gasteiger partial charge in [-0.25, -0.2) is 0 Å². The van der Waals surface area contributed by atoms with E-state index in [9.17, 15) is 19.8 Å². The predicted molar refractivity (Wildman–Crippen MR) is 51.4 cm³/mol. The Kier molecular flexibility index (Phi) is 14.0. The number of hydrogen-bond donors (Lipinski definition) is 0. The summed E-state index contributed by atoms with van der Waals surface area (Å²) in [6.45, 7) is 4.80. The minimum atomic E-state index is -1.88. The summed E-state index contributed by atoms with van der Waals surface area (Å²) in [5.74, 6) is -3.60. The topological polar surface area (TPSA) is 80.3 Å². The molecule has 0 radical (unpaired) electrons. The molecule has 0 aromatic carbocycles. The molecule has 1 unspecified atom stereocenters. The van der Waals surface area contributed by atoms with E-state index in [1.54, 1.807) is 6.92 Å². The van der Waals surface area contributed by atoms with Gasteiger partial charge in [0.25, 0.3) is 0 Å². The number of carboxylic acids is 2. The molecule has 0 bridgehead atoms. The molecule has 0 N–H and O–H groups in total. The van der Waals surface area contributed by atoms with Crippen molar-refractivity contribution in [3.63, 3.8) is 0 Å². The van der Waals surface area contributed by atoms with Crippen molar-refractivity contribution < 1.29 is 68.2 Å². The first-order valence-corrected chi connectivity index (χ1v) is 5.30. The van der Waals surface area contributed by atoms with Crippen LogP contribution in [0.3, 0.4) is 0 Å². The van der Waals surface area contributed by atoms with Gasteiger partial charge in [-0.2, -0.15) is 0 Å². The van der Waals surface area contributed by atoms with Crippen LogP contribution in [-0.4, -0.2) is 11.9 Å². The third-order valence-electron chi connectivity index (χ3n) is 3.07. The minimum Gasteiger partial charge on any atom is -0.549 e. The van der Waals surface area contributed by atoms with Crippen LogP contribution in [0.4, 0.5) is 0 Å². The third kappa shape index (κ3) is 6.31. The number of carbonyl (C=O) groups is 2. The maximum Gasteiger partial charge on any atom is 1.00 e. The molecule has 0 spiro atoms. The van der Waals surface area contributed by atoms with Crippen LogP contribution in [0.15, 0.2) is 0 Å². The molecule has 0 aromatic rings. The van der Waals surface area contributed by atoms with Gasteiger partial charge in [0.15, 0.2) is 0 Å². The van der Waals surface area contributed by atoms with Crippen LogP contribution in [0, 0.1) is 11.3 Å². The van der Waals surface area contributed by atoms with Gasteiger partial charge in [0, 0.05) is 5.41 Å². The zero-order valence-electron chi connectivity index (χ0n) is 11.5. The average molecular weight is 244 g/mol. The van der Waals surface area contributed by atoms with E-state index in [4.69, 9.17) is 0 Å². The zero-order chi connectivity index (χ0) is 12.1. The molecule has 17 heavy (non-hydrogen) atoms. The molecule has 0 aliphatic rings. The molecule has 0 saturated heterocycles. The van der Waals surface area contributed by atoms with Crippen LogP contribution in [0.5, 0.6) is 0 Å². The summed E-state index contributed by atoms with van der Waals surface area (Å²) in [5, 5.41) is 21.6. The maximum absolute atomic E-state index is 10.8. The van der Waals surface area contributed by atoms with E-state index >= 15 is 0 Å². The van der Waals surface area contributed by atoms with Crippen LogP contribution in [0.1, 0.15) is 46.5 Å². The summed E-state index contributed by atoms with van der Waals surface area (Å²) < 4.78 is 0. The second-order valence-corrected chi connectivity index (χ2v) is 4.17. The second-order valence-electron chi connectivity index (χ2n) is 4.17. The molecule has 1 atom stereocenters. The quantitative estimate of drug-likeness (QED) is 0.253. The number of aliphatic carboxylic acids is 2. The normalized spacial score (nSPS) is 11.9. The Morgan fingerprint density at radius 3 is 1.88 bits per heavy atom. The smallest absolute Gasteiger partial charge is 0.549 e. The van der Waals surface area contributed by atoms with Gasteiger partial charge in [-0.05, 0) is 19.3 Å². The van der Waals surface area contributed by atoms with Crippen LogP contribution in [0.2, 0.25) is 0 Å². The van der Waals surface area contributed by atoms with Gasteiger partial charge < -0.3 is 19.8 Å². The third-order valence-corrected chi connectivity index (χ3v) is 3.07. The standard InChI is InChI=1S/C11H20O4.Li.Na/c1-4-5-6-7-8(2)11(3,9(12)13)10(14)15;;/h8H,4-7H2,1-3H3,(H,12,13)(H,14,15);;/q;2*+1/p-2. The fourth-order valence-electron chi connectivity index (χ4n) is 1.47. The van der Waals surface area contributed by atoms with E-state index in [0.717, 1.165) is 26.2 Å². The first-order valence-electron chi connectivity index (χ1n) is 5.30. The van der Waals surface area contributed by atoms with Crippen LogP contribution in [0.25, 0.3) is 0 Å². The monoisotopic (exact) mass is 244 g/mol. The summed E-state index contributed by atoms with van der Waals surface area (Å²) in [4.78, 5) is 21.6. The van der Waals surface area contributed by atoms with E-state index < -0.39 is 23.3 Å². The Bertz CT molecular complexity index is 232. The maximum atomic E-state index is 10.8. The van der Waals surface area contributed by atoms with Gasteiger partial charge >= 0.3 is 48.4 Å². The summed E-state index contributed by atoms with van der Waals surface area (Å²) in [5.41, 5.74) is -1.88. The van der Waals surface area contributed by atoms with Gasteiger partial charge in [0.05, 0.1) is 11.9 Å². The molecule has 0 fully saturated rings. The fourth-order valence-corrected chi connectivity index (χ4v) is 1.47. The molecule has 0 heterocycles. The molecule has 88 valence electrons. The molecule has 4 nitrogen and oxygen atoms in total. The average Bonchev–Trinajstić information content (AvgIpc) is 2.15. The van der Waals surface area contributed by atoms with Gasteiger partial charge in [-0.3, -0.25) is 0 Å². The van der Waals surface area contributed by atoms with Crippen molar-refractivity contribution in [1.82, 2.24) is 0 Å². The Labute approximate surface area is 137 Å². The molecule has 0 aliphatic heterocycles. The molecule has 0 rings (SSSR count). The predicted octanol–water partition coefficient (Wildman–Crippen LogP) is -6.28. The van der Waals surface area contributed by atoms with E-state index in [0.29, 0.717) is 6.42 Å². The van der Waals surface area contributed by atoms with Crippen molar-refractivity contribution in [3.05, 3.63) is 0 Å². The van der Waals surface area contributed by atoms with Crippen molar-refractivity contribution in [3.8, 4) is 0 Å². The second kappa shape index (κ2) is 10.5.